The average molecular weight is 352 g/mol. The first-order valence-corrected chi connectivity index (χ1v) is 0. The van der Waals surface area contributed by atoms with Crippen LogP contribution in [0.1, 0.15) is 0 Å². The Balaban J connectivity index is 0. The van der Waals surface area contributed by atoms with Gasteiger partial charge in [0.05, 0.1) is 0 Å². The van der Waals surface area contributed by atoms with Crippen LogP contribution < -0.4 is 0 Å². The molecule has 0 atom stereocenters. The van der Waals surface area contributed by atoms with E-state index >= 15 is 0 Å². The molecule has 0 aromatic rings. The summed E-state index contributed by atoms with van der Waals surface area (Å²) in [7, 11) is 0. The Labute approximate surface area is 97.9 Å². The molecule has 6 heavy (non-hydrogen) atoms. The number of hydrogen-bond donors (Lipinski definition) is 0. The summed E-state index contributed by atoms with van der Waals surface area (Å²) in [5.74, 6) is 0. The molecule has 1 radical (unpaired) electrons. The molecule has 0 saturated carbocycles. The van der Waals surface area contributed by atoms with E-state index in [1.807, 2.05) is 0 Å². The van der Waals surface area contributed by atoms with Gasteiger partial charge in [0, 0.05) is 99.2 Å². The van der Waals surface area contributed by atoms with Crippen LogP contribution in [0, 0.1) is 0 Å². The van der Waals surface area contributed by atoms with Gasteiger partial charge in [0.25, 0.3) is 0 Å². The van der Waals surface area contributed by atoms with E-state index in [0.717, 1.165) is 0 Å². The second kappa shape index (κ2) is 43.8. The minimum atomic E-state index is 0. The molecule has 0 spiro atoms. The van der Waals surface area contributed by atoms with E-state index in [2.05, 4.69) is 0 Å². The molecule has 0 fully saturated rings. The molecule has 0 nitrogen and oxygen atoms in total. The molecule has 0 aromatic heterocycles. The molecule has 0 aromatic carbocycles. The van der Waals surface area contributed by atoms with E-state index in [1.54, 1.807) is 0 Å². The van der Waals surface area contributed by atoms with Crippen LogP contribution in [0.25, 0.3) is 0 Å². The summed E-state index contributed by atoms with van der Waals surface area (Å²) in [6, 6.07) is 0. The van der Waals surface area contributed by atoms with Crippen molar-refractivity contribution in [1.82, 2.24) is 0 Å². The van der Waals surface area contributed by atoms with Gasteiger partial charge in [0.1, 0.15) is 0 Å². The van der Waals surface area contributed by atoms with Crippen molar-refractivity contribution in [3.05, 3.63) is 0 Å². The largest absolute Gasteiger partial charge is 0 e. The van der Waals surface area contributed by atoms with Crippen LogP contribution in [0.3, 0.4) is 0 Å². The van der Waals surface area contributed by atoms with E-state index < -0.39 is 0 Å². The smallest absolute Gasteiger partial charge is 0 e. The van der Waals surface area contributed by atoms with Gasteiger partial charge < -0.3 is 0 Å². The molecule has 0 heterocycles. The van der Waals surface area contributed by atoms with Gasteiger partial charge >= 0.3 is 0 Å². The predicted molar refractivity (Wildman–Crippen MR) is 0 cm³/mol. The second-order valence-corrected chi connectivity index (χ2v) is 0. The molecule has 6 heteroatoms. The first kappa shape index (κ1) is 64.5. The first-order valence-electron chi connectivity index (χ1n) is 0. The van der Waals surface area contributed by atoms with Crippen LogP contribution in [-0.4, -0.2) is 0 Å². The minimum absolute atomic E-state index is 0. The Morgan fingerprint density at radius 1 is 0.333 bits per heavy atom. The van der Waals surface area contributed by atoms with Crippen molar-refractivity contribution in [3.63, 3.8) is 0 Å². The molecule has 0 aliphatic heterocycles. The Kier molecular flexibility index (Phi) is 471. The number of rotatable bonds is 0. The Morgan fingerprint density at radius 2 is 0.333 bits per heavy atom. The zero-order chi connectivity index (χ0) is 0. The van der Waals surface area contributed by atoms with Crippen LogP contribution in [0.4, 0.5) is 0 Å². The van der Waals surface area contributed by atoms with Crippen molar-refractivity contribution in [2.45, 2.75) is 0 Å². The normalized spacial score (nSPS) is 0. The fourth-order valence-electron chi connectivity index (χ4n) is 0. The Hall–Kier alpha value is 2.97. The monoisotopic (exact) mass is 349 g/mol. The zero-order valence-electron chi connectivity index (χ0n) is 1.91. The molecule has 0 rings (SSSR count). The Bertz CT molecular complexity index is 3.90. The summed E-state index contributed by atoms with van der Waals surface area (Å²) < 4.78 is 0. The van der Waals surface area contributed by atoms with Gasteiger partial charge in [0.2, 0.25) is 0 Å². The van der Waals surface area contributed by atoms with Crippen molar-refractivity contribution in [2.75, 3.05) is 0 Å². The van der Waals surface area contributed by atoms with Gasteiger partial charge in [-0.1, -0.05) is 0 Å². The van der Waals surface area contributed by atoms with Crippen LogP contribution in [0.15, 0.2) is 0 Å². The van der Waals surface area contributed by atoms with E-state index in [9.17, 15) is 0 Å². The summed E-state index contributed by atoms with van der Waals surface area (Å²) in [6.07, 6.45) is 0. The maximum absolute atomic E-state index is 0. The topological polar surface area (TPSA) is 0 Å². The second-order valence-electron chi connectivity index (χ2n) is 0. The van der Waals surface area contributed by atoms with Crippen LogP contribution in [0.5, 0.6) is 0 Å². The van der Waals surface area contributed by atoms with Gasteiger partial charge in [-0.15, -0.1) is 0 Å². The summed E-state index contributed by atoms with van der Waals surface area (Å²) in [6.45, 7) is 0. The zero-order valence-corrected chi connectivity index (χ0v) is 7.89. The molecule has 0 bridgehead atoms. The van der Waals surface area contributed by atoms with Crippen LogP contribution in [-0.2, 0) is 99.2 Å². The van der Waals surface area contributed by atoms with Crippen molar-refractivity contribution >= 4 is 0 Å². The standard InChI is InChI=1S/Co.5Ni. The third kappa shape index (κ3) is 28.1. The van der Waals surface area contributed by atoms with Gasteiger partial charge in [-0.2, -0.15) is 0 Å². The SMILES string of the molecule is [Co].[Ni].[Ni].[Ni].[Ni].[Ni]. The summed E-state index contributed by atoms with van der Waals surface area (Å²) >= 11 is 0. The third-order valence-electron chi connectivity index (χ3n) is 0. The molecular weight excluding hydrogens is 352 g/mol. The summed E-state index contributed by atoms with van der Waals surface area (Å²) in [4.78, 5) is 0. The maximum Gasteiger partial charge on any atom is 0 e. The van der Waals surface area contributed by atoms with Crippen molar-refractivity contribution in [3.8, 4) is 0 Å². The predicted octanol–water partition coefficient (Wildman–Crippen LogP) is -0.0150. The molecule has 0 unspecified atom stereocenters. The third-order valence-corrected chi connectivity index (χ3v) is 0. The maximum atomic E-state index is 0. The Morgan fingerprint density at radius 3 is 0.333 bits per heavy atom. The molecule has 0 aliphatic rings. The quantitative estimate of drug-likeness (QED) is 0.538. The fraction of sp³-hybridized carbons (Fsp3) is 0. The van der Waals surface area contributed by atoms with E-state index in [1.165, 1.54) is 0 Å². The minimum Gasteiger partial charge on any atom is 0 e. The van der Waals surface area contributed by atoms with E-state index in [-0.39, 0.29) is 99.2 Å². The van der Waals surface area contributed by atoms with Crippen LogP contribution >= 0.6 is 0 Å². The average Bonchev–Trinajstić information content (AvgIpc) is 0. The summed E-state index contributed by atoms with van der Waals surface area (Å²) in [5, 5.41) is 0. The molecule has 59 valence electrons. The molecule has 0 aliphatic carbocycles. The van der Waals surface area contributed by atoms with Gasteiger partial charge in [-0.25, -0.2) is 0 Å². The van der Waals surface area contributed by atoms with Crippen molar-refractivity contribution in [2.24, 2.45) is 0 Å². The van der Waals surface area contributed by atoms with E-state index in [4.69, 9.17) is 0 Å². The van der Waals surface area contributed by atoms with Gasteiger partial charge in [-0.05, 0) is 0 Å². The first-order chi connectivity index (χ1) is 0. The molecule has 0 amide bonds. The van der Waals surface area contributed by atoms with E-state index in [0.29, 0.717) is 0 Å². The fourth-order valence-corrected chi connectivity index (χ4v) is 0. The van der Waals surface area contributed by atoms with Crippen molar-refractivity contribution in [1.29, 1.82) is 0 Å². The number of hydrogen-bond acceptors (Lipinski definition) is 0. The summed E-state index contributed by atoms with van der Waals surface area (Å²) in [5.41, 5.74) is 0. The van der Waals surface area contributed by atoms with Crippen LogP contribution in [0.2, 0.25) is 0 Å². The van der Waals surface area contributed by atoms with Gasteiger partial charge in [0.15, 0.2) is 0 Å². The molecule has 0 N–H and O–H groups in total. The molecule has 0 saturated heterocycles. The van der Waals surface area contributed by atoms with Gasteiger partial charge in [-0.3, -0.25) is 0 Å². The van der Waals surface area contributed by atoms with Crippen molar-refractivity contribution < 1.29 is 99.2 Å². The molecular formula is CoNi5.